The topological polar surface area (TPSA) is 109 Å². The van der Waals surface area contributed by atoms with Gasteiger partial charge in [0.25, 0.3) is 5.91 Å². The number of carboxylic acid groups (broad SMARTS) is 1. The zero-order chi connectivity index (χ0) is 24.7. The maximum atomic E-state index is 12.6. The van der Waals surface area contributed by atoms with E-state index in [9.17, 15) is 9.59 Å². The molecule has 2 N–H and O–H groups in total. The zero-order valence-corrected chi connectivity index (χ0v) is 20.6. The smallest absolute Gasteiger partial charge is 0.303 e. The molecule has 178 valence electrons. The SMILES string of the molecule is Cn1cnnc1SCc1ccc(C(=O)N/N=C(\CCC(=O)O)c2ccc(C(C)(C)C)cc2)cc1. The normalized spacial score (nSPS) is 11.9. The van der Waals surface area contributed by atoms with Crippen LogP contribution in [0.15, 0.2) is 65.1 Å². The number of hydrogen-bond acceptors (Lipinski definition) is 6. The summed E-state index contributed by atoms with van der Waals surface area (Å²) in [6.07, 6.45) is 1.79. The number of carbonyl (C=O) groups excluding carboxylic acids is 1. The summed E-state index contributed by atoms with van der Waals surface area (Å²) in [7, 11) is 1.89. The molecule has 0 aliphatic heterocycles. The minimum absolute atomic E-state index is 0.00401. The Labute approximate surface area is 203 Å². The monoisotopic (exact) mass is 479 g/mol. The lowest BCUT2D eigenvalue weighted by molar-refractivity contribution is -0.136. The van der Waals surface area contributed by atoms with E-state index < -0.39 is 5.97 Å². The largest absolute Gasteiger partial charge is 0.481 e. The molecule has 0 aliphatic rings. The van der Waals surface area contributed by atoms with Gasteiger partial charge in [-0.05, 0) is 34.2 Å². The number of thioether (sulfide) groups is 1. The van der Waals surface area contributed by atoms with Crippen LogP contribution in [0.4, 0.5) is 0 Å². The number of nitrogens with zero attached hydrogens (tertiary/aromatic N) is 4. The molecule has 34 heavy (non-hydrogen) atoms. The fraction of sp³-hybridized carbons (Fsp3) is 0.320. The van der Waals surface area contributed by atoms with E-state index in [1.807, 2.05) is 48.0 Å². The summed E-state index contributed by atoms with van der Waals surface area (Å²) < 4.78 is 1.85. The third kappa shape index (κ3) is 7.02. The van der Waals surface area contributed by atoms with Gasteiger partial charge in [0.15, 0.2) is 5.16 Å². The van der Waals surface area contributed by atoms with Gasteiger partial charge in [-0.2, -0.15) is 5.10 Å². The van der Waals surface area contributed by atoms with Crippen molar-refractivity contribution in [2.75, 3.05) is 0 Å². The van der Waals surface area contributed by atoms with Gasteiger partial charge < -0.3 is 9.67 Å². The Kier molecular flexibility index (Phi) is 8.22. The van der Waals surface area contributed by atoms with Crippen molar-refractivity contribution >= 4 is 29.4 Å². The van der Waals surface area contributed by atoms with Crippen LogP contribution in [0.3, 0.4) is 0 Å². The molecule has 0 bridgehead atoms. The number of benzene rings is 2. The molecule has 0 fully saturated rings. The number of rotatable bonds is 9. The standard InChI is InChI=1S/C25H29N5O3S/c1-25(2,3)20-11-9-18(10-12-20)21(13-14-22(31)32)27-28-23(33)19-7-5-17(6-8-19)15-34-24-29-26-16-30(24)4/h5-12,16H,13-15H2,1-4H3,(H,28,33)(H,31,32)/b27-21+. The van der Waals surface area contributed by atoms with Gasteiger partial charge in [-0.3, -0.25) is 9.59 Å². The highest BCUT2D eigenvalue weighted by molar-refractivity contribution is 7.98. The number of hydrogen-bond donors (Lipinski definition) is 2. The Morgan fingerprint density at radius 3 is 2.24 bits per heavy atom. The lowest BCUT2D eigenvalue weighted by Crippen LogP contribution is -2.20. The highest BCUT2D eigenvalue weighted by Crippen LogP contribution is 2.23. The van der Waals surface area contributed by atoms with Gasteiger partial charge in [0.2, 0.25) is 0 Å². The average molecular weight is 480 g/mol. The van der Waals surface area contributed by atoms with Gasteiger partial charge in [-0.25, -0.2) is 5.43 Å². The predicted octanol–water partition coefficient (Wildman–Crippen LogP) is 4.40. The molecule has 2 aromatic carbocycles. The third-order valence-corrected chi connectivity index (χ3v) is 6.31. The lowest BCUT2D eigenvalue weighted by atomic mass is 9.86. The first kappa shape index (κ1) is 25.2. The maximum Gasteiger partial charge on any atom is 0.303 e. The Hall–Kier alpha value is -3.46. The lowest BCUT2D eigenvalue weighted by Gasteiger charge is -2.19. The van der Waals surface area contributed by atoms with Crippen LogP contribution < -0.4 is 5.43 Å². The molecule has 9 heteroatoms. The van der Waals surface area contributed by atoms with Gasteiger partial charge >= 0.3 is 5.97 Å². The van der Waals surface area contributed by atoms with Crippen molar-refractivity contribution in [3.8, 4) is 0 Å². The highest BCUT2D eigenvalue weighted by Gasteiger charge is 2.15. The molecule has 0 unspecified atom stereocenters. The predicted molar refractivity (Wildman–Crippen MR) is 133 cm³/mol. The van der Waals surface area contributed by atoms with Crippen LogP contribution in [0, 0.1) is 0 Å². The van der Waals surface area contributed by atoms with E-state index >= 15 is 0 Å². The van der Waals surface area contributed by atoms with Gasteiger partial charge in [-0.15, -0.1) is 10.2 Å². The van der Waals surface area contributed by atoms with Crippen molar-refractivity contribution in [2.24, 2.45) is 12.1 Å². The molecule has 3 rings (SSSR count). The van der Waals surface area contributed by atoms with Crippen LogP contribution >= 0.6 is 11.8 Å². The van der Waals surface area contributed by atoms with Crippen LogP contribution in [0.1, 0.15) is 60.7 Å². The third-order valence-electron chi connectivity index (χ3n) is 5.21. The van der Waals surface area contributed by atoms with Gasteiger partial charge in [0.05, 0.1) is 12.1 Å². The number of amides is 1. The quantitative estimate of drug-likeness (QED) is 0.267. The number of hydrazone groups is 1. The van der Waals surface area contributed by atoms with Crippen LogP contribution in [0.2, 0.25) is 0 Å². The van der Waals surface area contributed by atoms with Gasteiger partial charge in [0, 0.05) is 24.8 Å². The molecule has 3 aromatic rings. The van der Waals surface area contributed by atoms with Crippen molar-refractivity contribution in [1.29, 1.82) is 0 Å². The first-order chi connectivity index (χ1) is 16.1. The summed E-state index contributed by atoms with van der Waals surface area (Å²) in [6.45, 7) is 6.38. The molecule has 1 aromatic heterocycles. The summed E-state index contributed by atoms with van der Waals surface area (Å²) >= 11 is 1.56. The highest BCUT2D eigenvalue weighted by atomic mass is 32.2. The molecule has 8 nitrogen and oxygen atoms in total. The number of carboxylic acids is 1. The average Bonchev–Trinajstić information content (AvgIpc) is 3.22. The Bertz CT molecular complexity index is 1160. The van der Waals surface area contributed by atoms with Crippen molar-refractivity contribution in [1.82, 2.24) is 20.2 Å². The van der Waals surface area contributed by atoms with Crippen LogP contribution in [-0.4, -0.2) is 37.5 Å². The van der Waals surface area contributed by atoms with Gasteiger partial charge in [-0.1, -0.05) is 68.9 Å². The van der Waals surface area contributed by atoms with E-state index in [4.69, 9.17) is 5.11 Å². The second-order valence-corrected chi connectivity index (χ2v) is 9.87. The van der Waals surface area contributed by atoms with Crippen molar-refractivity contribution < 1.29 is 14.7 Å². The fourth-order valence-electron chi connectivity index (χ4n) is 3.14. The van der Waals surface area contributed by atoms with E-state index in [1.165, 1.54) is 0 Å². The number of aromatic nitrogens is 3. The first-order valence-corrected chi connectivity index (χ1v) is 11.9. The minimum atomic E-state index is -0.917. The minimum Gasteiger partial charge on any atom is -0.481 e. The summed E-state index contributed by atoms with van der Waals surface area (Å²) in [5.41, 5.74) is 6.57. The number of aryl methyl sites for hydroxylation is 1. The maximum absolute atomic E-state index is 12.6. The van der Waals surface area contributed by atoms with Crippen molar-refractivity contribution in [3.63, 3.8) is 0 Å². The zero-order valence-electron chi connectivity index (χ0n) is 19.8. The first-order valence-electron chi connectivity index (χ1n) is 10.9. The molecule has 1 heterocycles. The molecule has 0 spiro atoms. The number of aliphatic carboxylic acids is 1. The van der Waals surface area contributed by atoms with Crippen LogP contribution in [0.25, 0.3) is 0 Å². The summed E-state index contributed by atoms with van der Waals surface area (Å²) in [5.74, 6) is -0.567. The second-order valence-electron chi connectivity index (χ2n) is 8.93. The van der Waals surface area contributed by atoms with E-state index in [-0.39, 0.29) is 24.2 Å². The second kappa shape index (κ2) is 11.1. The molecule has 0 saturated carbocycles. The molecule has 0 saturated heterocycles. The van der Waals surface area contributed by atoms with Crippen molar-refractivity contribution in [2.45, 2.75) is 49.9 Å². The molecular formula is C25H29N5O3S. The van der Waals surface area contributed by atoms with E-state index in [1.54, 1.807) is 30.2 Å². The summed E-state index contributed by atoms with van der Waals surface area (Å²) in [6, 6.07) is 15.1. The van der Waals surface area contributed by atoms with E-state index in [2.05, 4.69) is 41.5 Å². The van der Waals surface area contributed by atoms with E-state index in [0.29, 0.717) is 17.0 Å². The molecule has 0 radical (unpaired) electrons. The Morgan fingerprint density at radius 1 is 1.03 bits per heavy atom. The van der Waals surface area contributed by atoms with E-state index in [0.717, 1.165) is 21.8 Å². The van der Waals surface area contributed by atoms with Crippen LogP contribution in [0.5, 0.6) is 0 Å². The Morgan fingerprint density at radius 2 is 1.68 bits per heavy atom. The number of carbonyl (C=O) groups is 2. The Balaban J connectivity index is 1.68. The van der Waals surface area contributed by atoms with Crippen molar-refractivity contribution in [3.05, 3.63) is 77.1 Å². The number of nitrogens with one attached hydrogen (secondary N) is 1. The summed E-state index contributed by atoms with van der Waals surface area (Å²) in [4.78, 5) is 23.7. The summed E-state index contributed by atoms with van der Waals surface area (Å²) in [5, 5.41) is 22.1. The molecular weight excluding hydrogens is 450 g/mol. The molecule has 0 atom stereocenters. The molecule has 1 amide bonds. The van der Waals surface area contributed by atoms with Crippen LogP contribution in [-0.2, 0) is 23.0 Å². The van der Waals surface area contributed by atoms with Gasteiger partial charge in [0.1, 0.15) is 6.33 Å². The molecule has 0 aliphatic carbocycles. The fourth-order valence-corrected chi connectivity index (χ4v) is 3.98.